The highest BCUT2D eigenvalue weighted by atomic mass is 31.2. The predicted octanol–water partition coefficient (Wildman–Crippen LogP) is -0.583. The van der Waals surface area contributed by atoms with Crippen molar-refractivity contribution in [2.24, 2.45) is 5.73 Å². The molecule has 0 bridgehead atoms. The van der Waals surface area contributed by atoms with Gasteiger partial charge in [0.2, 0.25) is 13.4 Å². The van der Waals surface area contributed by atoms with Gasteiger partial charge in [0.05, 0.1) is 0 Å². The molecule has 0 aliphatic carbocycles. The lowest BCUT2D eigenvalue weighted by atomic mass is 10.1. The van der Waals surface area contributed by atoms with E-state index in [-0.39, 0.29) is 5.91 Å². The smallest absolute Gasteiger partial charge is 0.335 e. The van der Waals surface area contributed by atoms with E-state index in [1.165, 1.54) is 0 Å². The molecule has 6 N–H and O–H groups in total. The summed E-state index contributed by atoms with van der Waals surface area (Å²) in [6.45, 7) is 2.85. The fourth-order valence-electron chi connectivity index (χ4n) is 1.89. The van der Waals surface area contributed by atoms with Crippen LogP contribution in [0.15, 0.2) is 0 Å². The summed E-state index contributed by atoms with van der Waals surface area (Å²) in [6, 6.07) is 0. The summed E-state index contributed by atoms with van der Waals surface area (Å²) < 4.78 is 12.8. The number of carbonyl (C=O) groups is 2. The maximum absolute atomic E-state index is 12.8. The van der Waals surface area contributed by atoms with Gasteiger partial charge in [-0.05, 0) is 19.3 Å². The van der Waals surface area contributed by atoms with Gasteiger partial charge in [-0.25, -0.2) is 9.88 Å². The van der Waals surface area contributed by atoms with E-state index >= 15 is 0 Å². The third-order valence-corrected chi connectivity index (χ3v) is 5.61. The van der Waals surface area contributed by atoms with Crippen molar-refractivity contribution >= 4 is 19.3 Å². The molecule has 0 aromatic carbocycles. The van der Waals surface area contributed by atoms with Crippen molar-refractivity contribution in [2.75, 3.05) is 13.1 Å². The molecule has 2 unspecified atom stereocenters. The summed E-state index contributed by atoms with van der Waals surface area (Å²) in [4.78, 5) is 22.6. The molecule has 1 heterocycles. The molecule has 3 atom stereocenters. The van der Waals surface area contributed by atoms with Gasteiger partial charge in [-0.15, -0.1) is 0 Å². The number of nitrogens with two attached hydrogens (primary N) is 1. The van der Waals surface area contributed by atoms with Crippen LogP contribution in [0.4, 0.5) is 0 Å². The lowest BCUT2D eigenvalue weighted by molar-refractivity contribution is -0.138. The number of amides is 1. The van der Waals surface area contributed by atoms with Crippen LogP contribution in [0.5, 0.6) is 0 Å². The molecular formula is C10H21N4O4P. The summed E-state index contributed by atoms with van der Waals surface area (Å²) in [5, 5.41) is 16.6. The van der Waals surface area contributed by atoms with Gasteiger partial charge in [-0.3, -0.25) is 14.4 Å². The van der Waals surface area contributed by atoms with E-state index in [1.807, 2.05) is 6.92 Å². The number of carboxylic acid groups (broad SMARTS) is 1. The van der Waals surface area contributed by atoms with Crippen molar-refractivity contribution in [1.82, 2.24) is 15.5 Å². The Hall–Kier alpha value is -0.950. The molecule has 1 amide bonds. The number of hydrogen-bond donors (Lipinski definition) is 5. The van der Waals surface area contributed by atoms with Crippen LogP contribution < -0.4 is 21.2 Å². The summed E-state index contributed by atoms with van der Waals surface area (Å²) in [6.07, 6.45) is 0.393. The standard InChI is InChI=1S/C10H21N4O4P/c1-2-5-13-19(18,14-8(11)10(16)17)7-4-3-6-12-9(7)15/h7-8H,2-6,11H2,1H3,(H,12,15)(H,16,17)(H2,13,14,18)/t7-,8?,19?/m0/s1. The van der Waals surface area contributed by atoms with Crippen molar-refractivity contribution < 1.29 is 19.3 Å². The van der Waals surface area contributed by atoms with Crippen molar-refractivity contribution in [2.45, 2.75) is 38.0 Å². The van der Waals surface area contributed by atoms with E-state index in [4.69, 9.17) is 10.8 Å². The van der Waals surface area contributed by atoms with Gasteiger partial charge in [0, 0.05) is 13.1 Å². The second-order valence-electron chi connectivity index (χ2n) is 4.46. The van der Waals surface area contributed by atoms with Gasteiger partial charge in [-0.1, -0.05) is 6.92 Å². The molecule has 0 aromatic rings. The molecule has 19 heavy (non-hydrogen) atoms. The zero-order chi connectivity index (χ0) is 14.5. The Kier molecular flexibility index (Phi) is 5.93. The van der Waals surface area contributed by atoms with Crippen molar-refractivity contribution in [3.05, 3.63) is 0 Å². The Labute approximate surface area is 112 Å². The zero-order valence-corrected chi connectivity index (χ0v) is 11.8. The van der Waals surface area contributed by atoms with Gasteiger partial charge in [0.15, 0.2) is 6.17 Å². The average Bonchev–Trinajstić information content (AvgIpc) is 2.36. The molecule has 0 radical (unpaired) electrons. The predicted molar refractivity (Wildman–Crippen MR) is 70.7 cm³/mol. The molecule has 9 heteroatoms. The molecule has 0 spiro atoms. The molecule has 1 rings (SSSR count). The summed E-state index contributed by atoms with van der Waals surface area (Å²) >= 11 is 0. The van der Waals surface area contributed by atoms with Crippen LogP contribution in [0, 0.1) is 0 Å². The maximum Gasteiger partial charge on any atom is 0.335 e. The Morgan fingerprint density at radius 1 is 1.68 bits per heavy atom. The quantitative estimate of drug-likeness (QED) is 0.313. The molecule has 0 saturated carbocycles. The number of rotatable bonds is 7. The van der Waals surface area contributed by atoms with E-state index in [9.17, 15) is 14.2 Å². The molecule has 1 aliphatic rings. The minimum Gasteiger partial charge on any atom is -0.479 e. The minimum absolute atomic E-state index is 0.330. The van der Waals surface area contributed by atoms with Crippen LogP contribution in [-0.2, 0) is 14.2 Å². The van der Waals surface area contributed by atoms with Crippen molar-refractivity contribution in [1.29, 1.82) is 0 Å². The monoisotopic (exact) mass is 292 g/mol. The minimum atomic E-state index is -3.40. The van der Waals surface area contributed by atoms with E-state index in [1.54, 1.807) is 0 Å². The Morgan fingerprint density at radius 2 is 2.37 bits per heavy atom. The Bertz CT molecular complexity index is 390. The third-order valence-electron chi connectivity index (χ3n) is 2.89. The first kappa shape index (κ1) is 16.1. The van der Waals surface area contributed by atoms with Crippen LogP contribution >= 0.6 is 7.44 Å². The Morgan fingerprint density at radius 3 is 2.89 bits per heavy atom. The molecule has 8 nitrogen and oxygen atoms in total. The lowest BCUT2D eigenvalue weighted by Gasteiger charge is -2.32. The van der Waals surface area contributed by atoms with Gasteiger partial charge >= 0.3 is 5.97 Å². The molecule has 1 saturated heterocycles. The third kappa shape index (κ3) is 4.28. The molecule has 1 aliphatic heterocycles. The number of hydrogen-bond acceptors (Lipinski definition) is 4. The topological polar surface area (TPSA) is 134 Å². The van der Waals surface area contributed by atoms with E-state index in [0.717, 1.165) is 0 Å². The highest BCUT2D eigenvalue weighted by Crippen LogP contribution is 2.45. The van der Waals surface area contributed by atoms with Gasteiger partial charge in [0.25, 0.3) is 0 Å². The molecule has 1 fully saturated rings. The van der Waals surface area contributed by atoms with Gasteiger partial charge in [0.1, 0.15) is 5.66 Å². The molecule has 0 aromatic heterocycles. The Balaban J connectivity index is 2.87. The molecular weight excluding hydrogens is 271 g/mol. The number of piperidine rings is 1. The fourth-order valence-corrected chi connectivity index (χ4v) is 4.43. The number of aliphatic carboxylic acids is 1. The van der Waals surface area contributed by atoms with Crippen LogP contribution in [0.1, 0.15) is 26.2 Å². The van der Waals surface area contributed by atoms with E-state index < -0.39 is 25.2 Å². The summed E-state index contributed by atoms with van der Waals surface area (Å²) in [7, 11) is -3.40. The van der Waals surface area contributed by atoms with Gasteiger partial charge in [-0.2, -0.15) is 0 Å². The van der Waals surface area contributed by atoms with Crippen molar-refractivity contribution in [3.8, 4) is 0 Å². The lowest BCUT2D eigenvalue weighted by Crippen LogP contribution is -2.51. The van der Waals surface area contributed by atoms with E-state index in [0.29, 0.717) is 32.4 Å². The molecule has 110 valence electrons. The number of nitrogens with one attached hydrogen (secondary N) is 3. The highest BCUT2D eigenvalue weighted by Gasteiger charge is 2.41. The van der Waals surface area contributed by atoms with E-state index in [2.05, 4.69) is 15.5 Å². The number of carbonyl (C=O) groups excluding carboxylic acids is 1. The van der Waals surface area contributed by atoms with Gasteiger partial charge < -0.3 is 16.2 Å². The first-order valence-electron chi connectivity index (χ1n) is 6.29. The fraction of sp³-hybridized carbons (Fsp3) is 0.800. The van der Waals surface area contributed by atoms with Crippen LogP contribution in [0.25, 0.3) is 0 Å². The first-order valence-corrected chi connectivity index (χ1v) is 8.07. The highest BCUT2D eigenvalue weighted by molar-refractivity contribution is 7.61. The van der Waals surface area contributed by atoms with Crippen LogP contribution in [0.2, 0.25) is 0 Å². The largest absolute Gasteiger partial charge is 0.479 e. The van der Waals surface area contributed by atoms with Crippen LogP contribution in [0.3, 0.4) is 0 Å². The normalized spacial score (nSPS) is 24.3. The first-order chi connectivity index (χ1) is 8.90. The maximum atomic E-state index is 12.8. The summed E-state index contributed by atoms with van der Waals surface area (Å²) in [5.74, 6) is -1.64. The summed E-state index contributed by atoms with van der Waals surface area (Å²) in [5.41, 5.74) is 4.59. The average molecular weight is 292 g/mol. The number of carboxylic acids is 1. The van der Waals surface area contributed by atoms with Crippen LogP contribution in [-0.4, -0.2) is 41.9 Å². The second-order valence-corrected chi connectivity index (χ2v) is 6.97. The second kappa shape index (κ2) is 7.00. The SMILES string of the molecule is CCCNP(=O)(NC(N)C(=O)O)[C@H]1CCCNC1=O. The van der Waals surface area contributed by atoms with Crippen molar-refractivity contribution in [3.63, 3.8) is 0 Å². The zero-order valence-electron chi connectivity index (χ0n) is 10.9.